The van der Waals surface area contributed by atoms with Crippen LogP contribution in [0.2, 0.25) is 0 Å². The van der Waals surface area contributed by atoms with E-state index in [0.717, 1.165) is 30.9 Å². The highest BCUT2D eigenvalue weighted by Crippen LogP contribution is 2.34. The predicted molar refractivity (Wildman–Crippen MR) is 64.7 cm³/mol. The zero-order chi connectivity index (χ0) is 11.4. The maximum atomic E-state index is 9.80. The van der Waals surface area contributed by atoms with Crippen LogP contribution < -0.4 is 4.74 Å². The molecule has 88 valence electrons. The molecule has 1 aromatic rings. The van der Waals surface area contributed by atoms with E-state index in [1.165, 1.54) is 18.4 Å². The van der Waals surface area contributed by atoms with Crippen molar-refractivity contribution in [1.82, 2.24) is 0 Å². The summed E-state index contributed by atoms with van der Waals surface area (Å²) in [5, 5.41) is 9.80. The average Bonchev–Trinajstić information content (AvgIpc) is 3.11. The van der Waals surface area contributed by atoms with Crippen LogP contribution in [-0.2, 0) is 6.42 Å². The van der Waals surface area contributed by atoms with Crippen LogP contribution in [0.5, 0.6) is 5.75 Å². The summed E-state index contributed by atoms with van der Waals surface area (Å²) in [7, 11) is 1.67. The van der Waals surface area contributed by atoms with Crippen LogP contribution in [0.15, 0.2) is 24.3 Å². The number of aliphatic hydroxyl groups excluding tert-OH is 1. The van der Waals surface area contributed by atoms with E-state index in [4.69, 9.17) is 4.74 Å². The first-order chi connectivity index (χ1) is 7.78. The molecule has 0 spiro atoms. The number of benzene rings is 1. The SMILES string of the molecule is COc1ccc(CCC(O)CC2CC2)cc1. The first-order valence-electron chi connectivity index (χ1n) is 6.09. The monoisotopic (exact) mass is 220 g/mol. The topological polar surface area (TPSA) is 29.5 Å². The standard InChI is InChI=1S/C14H20O2/c1-16-14-8-5-11(6-9-14)4-7-13(15)10-12-2-3-12/h5-6,8-9,12-13,15H,2-4,7,10H2,1H3. The van der Waals surface area contributed by atoms with Gasteiger partial charge in [-0.1, -0.05) is 25.0 Å². The molecule has 0 saturated heterocycles. The third-order valence-electron chi connectivity index (χ3n) is 3.23. The molecule has 1 atom stereocenters. The van der Waals surface area contributed by atoms with E-state index in [1.54, 1.807) is 7.11 Å². The van der Waals surface area contributed by atoms with Gasteiger partial charge < -0.3 is 9.84 Å². The van der Waals surface area contributed by atoms with Crippen molar-refractivity contribution in [2.45, 2.75) is 38.2 Å². The molecule has 2 rings (SSSR count). The smallest absolute Gasteiger partial charge is 0.118 e. The fourth-order valence-corrected chi connectivity index (χ4v) is 1.98. The Bertz CT molecular complexity index is 314. The van der Waals surface area contributed by atoms with Crippen molar-refractivity contribution in [3.8, 4) is 5.75 Å². The molecule has 0 heterocycles. The molecule has 2 heteroatoms. The Morgan fingerprint density at radius 3 is 2.56 bits per heavy atom. The number of hydrogen-bond acceptors (Lipinski definition) is 2. The van der Waals surface area contributed by atoms with Crippen LogP contribution in [0.3, 0.4) is 0 Å². The lowest BCUT2D eigenvalue weighted by molar-refractivity contribution is 0.148. The van der Waals surface area contributed by atoms with E-state index in [2.05, 4.69) is 12.1 Å². The lowest BCUT2D eigenvalue weighted by Gasteiger charge is -2.09. The number of aliphatic hydroxyl groups is 1. The summed E-state index contributed by atoms with van der Waals surface area (Å²) in [6, 6.07) is 8.09. The lowest BCUT2D eigenvalue weighted by Crippen LogP contribution is -2.08. The summed E-state index contributed by atoms with van der Waals surface area (Å²) in [5.41, 5.74) is 1.27. The average molecular weight is 220 g/mol. The van der Waals surface area contributed by atoms with E-state index in [0.29, 0.717) is 0 Å². The Labute approximate surface area is 97.3 Å². The van der Waals surface area contributed by atoms with Crippen molar-refractivity contribution in [3.05, 3.63) is 29.8 Å². The third-order valence-corrected chi connectivity index (χ3v) is 3.23. The van der Waals surface area contributed by atoms with Crippen molar-refractivity contribution >= 4 is 0 Å². The van der Waals surface area contributed by atoms with Crippen LogP contribution in [0, 0.1) is 5.92 Å². The van der Waals surface area contributed by atoms with Gasteiger partial charge in [0, 0.05) is 0 Å². The van der Waals surface area contributed by atoms with E-state index in [9.17, 15) is 5.11 Å². The van der Waals surface area contributed by atoms with Crippen LogP contribution >= 0.6 is 0 Å². The molecule has 1 unspecified atom stereocenters. The maximum absolute atomic E-state index is 9.80. The second kappa shape index (κ2) is 5.35. The number of methoxy groups -OCH3 is 1. The van der Waals surface area contributed by atoms with Gasteiger partial charge in [-0.25, -0.2) is 0 Å². The molecule has 1 fully saturated rings. The number of rotatable bonds is 6. The van der Waals surface area contributed by atoms with Crippen molar-refractivity contribution in [3.63, 3.8) is 0 Å². The molecule has 0 amide bonds. The molecule has 1 aliphatic rings. The maximum Gasteiger partial charge on any atom is 0.118 e. The van der Waals surface area contributed by atoms with Gasteiger partial charge in [0.15, 0.2) is 0 Å². The third kappa shape index (κ3) is 3.53. The van der Waals surface area contributed by atoms with Crippen LogP contribution in [0.25, 0.3) is 0 Å². The number of hydrogen-bond donors (Lipinski definition) is 1. The fraction of sp³-hybridized carbons (Fsp3) is 0.571. The molecule has 1 aromatic carbocycles. The quantitative estimate of drug-likeness (QED) is 0.798. The van der Waals surface area contributed by atoms with Crippen LogP contribution in [-0.4, -0.2) is 18.3 Å². The summed E-state index contributed by atoms with van der Waals surface area (Å²) in [6.07, 6.45) is 5.35. The van der Waals surface area contributed by atoms with Crippen molar-refractivity contribution in [2.24, 2.45) is 5.92 Å². The highest BCUT2D eigenvalue weighted by atomic mass is 16.5. The molecular weight excluding hydrogens is 200 g/mol. The molecule has 16 heavy (non-hydrogen) atoms. The minimum absolute atomic E-state index is 0.116. The predicted octanol–water partition coefficient (Wildman–Crippen LogP) is 2.79. The molecule has 0 bridgehead atoms. The van der Waals surface area contributed by atoms with Gasteiger partial charge in [0.2, 0.25) is 0 Å². The first-order valence-corrected chi connectivity index (χ1v) is 6.09. The minimum atomic E-state index is -0.116. The Balaban J connectivity index is 1.74. The molecular formula is C14H20O2. The highest BCUT2D eigenvalue weighted by Gasteiger charge is 2.24. The second-order valence-electron chi connectivity index (χ2n) is 4.72. The highest BCUT2D eigenvalue weighted by molar-refractivity contribution is 5.27. The van der Waals surface area contributed by atoms with Gasteiger partial charge in [0.05, 0.1) is 13.2 Å². The first kappa shape index (κ1) is 11.5. The van der Waals surface area contributed by atoms with Gasteiger partial charge in [-0.05, 0) is 42.9 Å². The zero-order valence-electron chi connectivity index (χ0n) is 9.86. The summed E-state index contributed by atoms with van der Waals surface area (Å²) in [6.45, 7) is 0. The van der Waals surface area contributed by atoms with Gasteiger partial charge in [-0.2, -0.15) is 0 Å². The van der Waals surface area contributed by atoms with Crippen LogP contribution in [0.4, 0.5) is 0 Å². The molecule has 0 radical (unpaired) electrons. The Kier molecular flexibility index (Phi) is 3.83. The van der Waals surface area contributed by atoms with Gasteiger partial charge >= 0.3 is 0 Å². The van der Waals surface area contributed by atoms with Gasteiger partial charge in [0.1, 0.15) is 5.75 Å². The number of aryl methyl sites for hydroxylation is 1. The summed E-state index contributed by atoms with van der Waals surface area (Å²) in [4.78, 5) is 0. The van der Waals surface area contributed by atoms with Crippen molar-refractivity contribution in [1.29, 1.82) is 0 Å². The fourth-order valence-electron chi connectivity index (χ4n) is 1.98. The molecule has 1 N–H and O–H groups in total. The van der Waals surface area contributed by atoms with E-state index >= 15 is 0 Å². The van der Waals surface area contributed by atoms with Crippen LogP contribution in [0.1, 0.15) is 31.2 Å². The van der Waals surface area contributed by atoms with Gasteiger partial charge in [0.25, 0.3) is 0 Å². The second-order valence-corrected chi connectivity index (χ2v) is 4.72. The normalized spacial score (nSPS) is 17.1. The summed E-state index contributed by atoms with van der Waals surface area (Å²) in [5.74, 6) is 1.70. The van der Waals surface area contributed by atoms with Gasteiger partial charge in [-0.15, -0.1) is 0 Å². The van der Waals surface area contributed by atoms with Gasteiger partial charge in [-0.3, -0.25) is 0 Å². The van der Waals surface area contributed by atoms with E-state index in [1.807, 2.05) is 12.1 Å². The largest absolute Gasteiger partial charge is 0.497 e. The molecule has 1 saturated carbocycles. The number of ether oxygens (including phenoxy) is 1. The van der Waals surface area contributed by atoms with Crippen molar-refractivity contribution < 1.29 is 9.84 Å². The molecule has 2 nitrogen and oxygen atoms in total. The Morgan fingerprint density at radius 2 is 2.00 bits per heavy atom. The Hall–Kier alpha value is -1.02. The zero-order valence-corrected chi connectivity index (χ0v) is 9.86. The summed E-state index contributed by atoms with van der Waals surface area (Å²) < 4.78 is 5.11. The van der Waals surface area contributed by atoms with Crippen molar-refractivity contribution in [2.75, 3.05) is 7.11 Å². The summed E-state index contributed by atoms with van der Waals surface area (Å²) >= 11 is 0. The van der Waals surface area contributed by atoms with E-state index < -0.39 is 0 Å². The molecule has 0 aromatic heterocycles. The minimum Gasteiger partial charge on any atom is -0.497 e. The molecule has 0 aliphatic heterocycles. The Morgan fingerprint density at radius 1 is 1.31 bits per heavy atom. The van der Waals surface area contributed by atoms with E-state index in [-0.39, 0.29) is 6.10 Å². The molecule has 1 aliphatic carbocycles. The lowest BCUT2D eigenvalue weighted by atomic mass is 10.0.